The summed E-state index contributed by atoms with van der Waals surface area (Å²) in [6, 6.07) is 8.63. The van der Waals surface area contributed by atoms with Gasteiger partial charge in [0.2, 0.25) is 0 Å². The Hall–Kier alpha value is -2.79. The molecular formula is C42H60N6O3. The second-order valence-corrected chi connectivity index (χ2v) is 16.3. The first-order valence-electron chi connectivity index (χ1n) is 19.6. The molecule has 3 unspecified atom stereocenters. The van der Waals surface area contributed by atoms with Gasteiger partial charge in [-0.3, -0.25) is 29.7 Å². The van der Waals surface area contributed by atoms with Crippen LogP contribution in [0.25, 0.3) is 0 Å². The summed E-state index contributed by atoms with van der Waals surface area (Å²) in [5.41, 5.74) is 8.71. The van der Waals surface area contributed by atoms with Crippen LogP contribution >= 0.6 is 0 Å². The first-order chi connectivity index (χ1) is 24.7. The molecular weight excluding hydrogens is 637 g/mol. The van der Waals surface area contributed by atoms with Gasteiger partial charge in [0.15, 0.2) is 0 Å². The zero-order valence-corrected chi connectivity index (χ0v) is 31.9. The van der Waals surface area contributed by atoms with Crippen molar-refractivity contribution < 1.29 is 14.2 Å². The van der Waals surface area contributed by atoms with Gasteiger partial charge < -0.3 is 14.2 Å². The molecule has 0 amide bonds. The zero-order chi connectivity index (χ0) is 35.6. The number of ether oxygens (including phenoxy) is 3. The molecule has 9 rings (SSSR count). The van der Waals surface area contributed by atoms with Crippen molar-refractivity contribution in [2.75, 3.05) is 39.5 Å². The quantitative estimate of drug-likeness (QED) is 0.237. The minimum atomic E-state index is 0.119. The first kappa shape index (κ1) is 36.6. The van der Waals surface area contributed by atoms with Crippen molar-refractivity contribution in [3.63, 3.8) is 0 Å². The van der Waals surface area contributed by atoms with E-state index in [1.54, 1.807) is 0 Å². The van der Waals surface area contributed by atoms with Crippen LogP contribution in [-0.4, -0.2) is 87.4 Å². The second kappa shape index (κ2) is 15.3. The summed E-state index contributed by atoms with van der Waals surface area (Å²) in [5, 5.41) is 0. The fourth-order valence-corrected chi connectivity index (χ4v) is 9.61. The number of nitrogens with zero attached hydrogens (tertiary/aromatic N) is 6. The average Bonchev–Trinajstić information content (AvgIpc) is 3.95. The highest BCUT2D eigenvalue weighted by Gasteiger charge is 2.50. The molecule has 51 heavy (non-hydrogen) atoms. The van der Waals surface area contributed by atoms with Gasteiger partial charge in [-0.15, -0.1) is 0 Å². The molecule has 0 saturated carbocycles. The maximum absolute atomic E-state index is 5.93. The van der Waals surface area contributed by atoms with Crippen LogP contribution in [0, 0.1) is 0 Å². The van der Waals surface area contributed by atoms with Crippen LogP contribution in [0.2, 0.25) is 0 Å². The van der Waals surface area contributed by atoms with E-state index < -0.39 is 0 Å². The summed E-state index contributed by atoms with van der Waals surface area (Å²) >= 11 is 0. The number of hydrogen-bond donors (Lipinski definition) is 0. The number of aromatic nitrogens is 3. The molecule has 0 aromatic carbocycles. The van der Waals surface area contributed by atoms with Gasteiger partial charge in [-0.25, -0.2) is 0 Å². The van der Waals surface area contributed by atoms with E-state index >= 15 is 0 Å². The van der Waals surface area contributed by atoms with Gasteiger partial charge in [0.25, 0.3) is 0 Å². The molecule has 0 N–H and O–H groups in total. The predicted molar refractivity (Wildman–Crippen MR) is 200 cm³/mol. The SMILES string of the molecule is CC(C)OCC12CCCN1Cc1ccncc12.CC(C)OCC12CCCN1Cc1cnccc12.CC(C)OCC12CCCN1Cc1ncccc12. The van der Waals surface area contributed by atoms with E-state index in [-0.39, 0.29) is 16.6 Å². The predicted octanol–water partition coefficient (Wildman–Crippen LogP) is 6.93. The Balaban J connectivity index is 0.000000119. The Labute approximate surface area is 306 Å². The lowest BCUT2D eigenvalue weighted by Gasteiger charge is -2.33. The molecule has 3 saturated heterocycles. The summed E-state index contributed by atoms with van der Waals surface area (Å²) in [4.78, 5) is 20.8. The molecule has 6 aliphatic heterocycles. The van der Waals surface area contributed by atoms with Crippen LogP contribution in [-0.2, 0) is 50.5 Å². The van der Waals surface area contributed by atoms with Crippen LogP contribution < -0.4 is 0 Å². The van der Waals surface area contributed by atoms with Crippen LogP contribution in [0.15, 0.2) is 55.2 Å². The van der Waals surface area contributed by atoms with Gasteiger partial charge in [0.1, 0.15) is 0 Å². The highest BCUT2D eigenvalue weighted by Crippen LogP contribution is 2.48. The Morgan fingerprint density at radius 3 is 1.69 bits per heavy atom. The summed E-state index contributed by atoms with van der Waals surface area (Å²) in [6.07, 6.45) is 18.1. The second-order valence-electron chi connectivity index (χ2n) is 16.3. The highest BCUT2D eigenvalue weighted by molar-refractivity contribution is 5.39. The minimum absolute atomic E-state index is 0.119. The van der Waals surface area contributed by atoms with E-state index in [9.17, 15) is 0 Å². The van der Waals surface area contributed by atoms with Crippen molar-refractivity contribution in [1.82, 2.24) is 29.7 Å². The minimum Gasteiger partial charge on any atom is -0.377 e. The average molecular weight is 697 g/mol. The summed E-state index contributed by atoms with van der Waals surface area (Å²) in [5.74, 6) is 0. The monoisotopic (exact) mass is 696 g/mol. The third-order valence-corrected chi connectivity index (χ3v) is 12.1. The lowest BCUT2D eigenvalue weighted by molar-refractivity contribution is -0.00946. The highest BCUT2D eigenvalue weighted by atomic mass is 16.5. The summed E-state index contributed by atoms with van der Waals surface area (Å²) in [7, 11) is 0. The summed E-state index contributed by atoms with van der Waals surface area (Å²) in [6.45, 7) is 21.8. The Bertz CT molecular complexity index is 1440. The molecule has 3 atom stereocenters. The van der Waals surface area contributed by atoms with E-state index in [1.807, 2.05) is 31.0 Å². The molecule has 276 valence electrons. The van der Waals surface area contributed by atoms with E-state index in [2.05, 4.69) is 95.5 Å². The largest absolute Gasteiger partial charge is 0.377 e. The molecule has 0 bridgehead atoms. The van der Waals surface area contributed by atoms with Crippen molar-refractivity contribution in [2.24, 2.45) is 0 Å². The number of pyridine rings is 3. The Morgan fingerprint density at radius 1 is 0.569 bits per heavy atom. The van der Waals surface area contributed by atoms with Crippen LogP contribution in [0.5, 0.6) is 0 Å². The standard InChI is InChI=1S/3C14H20N2O/c1-11(2)17-10-14-5-3-7-16(14)9-12-8-15-6-4-13(12)14;1-11(2)17-10-14-5-3-7-16(14)9-12-4-6-15-8-13(12)14;1-11(2)17-10-14-6-4-8-16(14)9-13-12(14)5-3-7-15-13/h2*4,6,8,11H,3,5,7,9-10H2,1-2H3;3,5,7,11H,4,6,8-10H2,1-2H3. The normalized spacial score (nSPS) is 27.5. The van der Waals surface area contributed by atoms with Gasteiger partial charge >= 0.3 is 0 Å². The topological polar surface area (TPSA) is 76.1 Å². The van der Waals surface area contributed by atoms with Gasteiger partial charge in [-0.2, -0.15) is 0 Å². The number of hydrogen-bond acceptors (Lipinski definition) is 9. The van der Waals surface area contributed by atoms with E-state index in [0.29, 0.717) is 18.3 Å². The first-order valence-corrected chi connectivity index (χ1v) is 19.6. The molecule has 0 spiro atoms. The van der Waals surface area contributed by atoms with Crippen molar-refractivity contribution in [2.45, 2.75) is 135 Å². The summed E-state index contributed by atoms with van der Waals surface area (Å²) < 4.78 is 17.8. The number of fused-ring (bicyclic) bond motifs is 9. The lowest BCUT2D eigenvalue weighted by Crippen LogP contribution is -2.40. The maximum Gasteiger partial charge on any atom is 0.0719 e. The molecule has 9 heteroatoms. The molecule has 6 aliphatic rings. The molecule has 0 radical (unpaired) electrons. The Kier molecular flexibility index (Phi) is 11.0. The van der Waals surface area contributed by atoms with E-state index in [1.165, 1.54) is 91.7 Å². The van der Waals surface area contributed by atoms with Gasteiger partial charge in [0.05, 0.1) is 60.4 Å². The van der Waals surface area contributed by atoms with Crippen molar-refractivity contribution in [3.05, 3.63) is 88.8 Å². The zero-order valence-electron chi connectivity index (χ0n) is 31.9. The van der Waals surface area contributed by atoms with Crippen molar-refractivity contribution >= 4 is 0 Å². The van der Waals surface area contributed by atoms with Gasteiger partial charge in [0, 0.05) is 50.6 Å². The van der Waals surface area contributed by atoms with Crippen LogP contribution in [0.3, 0.4) is 0 Å². The Morgan fingerprint density at radius 2 is 1.08 bits per heavy atom. The third kappa shape index (κ3) is 7.02. The molecule has 3 aromatic heterocycles. The van der Waals surface area contributed by atoms with E-state index in [4.69, 9.17) is 14.2 Å². The maximum atomic E-state index is 5.93. The fourth-order valence-electron chi connectivity index (χ4n) is 9.61. The lowest BCUT2D eigenvalue weighted by atomic mass is 9.89. The van der Waals surface area contributed by atoms with Crippen LogP contribution in [0.1, 0.15) is 114 Å². The third-order valence-electron chi connectivity index (χ3n) is 12.1. The molecule has 0 aliphatic carbocycles. The fraction of sp³-hybridized carbons (Fsp3) is 0.643. The van der Waals surface area contributed by atoms with E-state index in [0.717, 1.165) is 39.5 Å². The molecule has 3 aromatic rings. The molecule has 3 fully saturated rings. The molecule has 9 nitrogen and oxygen atoms in total. The smallest absolute Gasteiger partial charge is 0.0719 e. The van der Waals surface area contributed by atoms with Gasteiger partial charge in [-0.1, -0.05) is 6.07 Å². The van der Waals surface area contributed by atoms with Crippen molar-refractivity contribution in [1.29, 1.82) is 0 Å². The molecule has 9 heterocycles. The van der Waals surface area contributed by atoms with Crippen molar-refractivity contribution in [3.8, 4) is 0 Å². The van der Waals surface area contributed by atoms with Gasteiger partial charge in [-0.05, 0) is 146 Å². The number of rotatable bonds is 9. The van der Waals surface area contributed by atoms with Crippen LogP contribution in [0.4, 0.5) is 0 Å².